The van der Waals surface area contributed by atoms with E-state index in [1.165, 1.54) is 36.4 Å². The SMILES string of the molecule is CN(Cc1ccc(F)cc1Br)C(=O)C1CCCN(C(=O)c2ccc(F)cc2)C1. The molecule has 1 heterocycles. The molecular formula is C21H21BrF2N2O2. The summed E-state index contributed by atoms with van der Waals surface area (Å²) in [5, 5.41) is 0. The van der Waals surface area contributed by atoms with Gasteiger partial charge in [-0.05, 0) is 54.8 Å². The fourth-order valence-corrected chi connectivity index (χ4v) is 3.91. The van der Waals surface area contributed by atoms with E-state index in [2.05, 4.69) is 15.9 Å². The van der Waals surface area contributed by atoms with E-state index in [1.807, 2.05) is 0 Å². The number of carbonyl (C=O) groups excluding carboxylic acids is 2. The van der Waals surface area contributed by atoms with Gasteiger partial charge in [0.2, 0.25) is 5.91 Å². The third-order valence-corrected chi connectivity index (χ3v) is 5.69. The Morgan fingerprint density at radius 3 is 2.50 bits per heavy atom. The molecule has 0 aromatic heterocycles. The van der Waals surface area contributed by atoms with Gasteiger partial charge in [0.05, 0.1) is 5.92 Å². The standard InChI is InChI=1S/C21H21BrF2N2O2/c1-25(12-15-6-9-18(24)11-19(15)22)20(27)16-3-2-10-26(13-16)21(28)14-4-7-17(23)8-5-14/h4-9,11,16H,2-3,10,12-13H2,1H3. The normalized spacial score (nSPS) is 16.7. The third-order valence-electron chi connectivity index (χ3n) is 4.95. The number of halogens is 3. The van der Waals surface area contributed by atoms with Crippen LogP contribution in [0.2, 0.25) is 0 Å². The van der Waals surface area contributed by atoms with Crippen LogP contribution in [0.5, 0.6) is 0 Å². The molecule has 0 spiro atoms. The third kappa shape index (κ3) is 4.76. The number of carbonyl (C=O) groups is 2. The van der Waals surface area contributed by atoms with E-state index in [-0.39, 0.29) is 23.5 Å². The van der Waals surface area contributed by atoms with Crippen LogP contribution in [0, 0.1) is 17.6 Å². The van der Waals surface area contributed by atoms with Crippen molar-refractivity contribution >= 4 is 27.7 Å². The topological polar surface area (TPSA) is 40.6 Å². The summed E-state index contributed by atoms with van der Waals surface area (Å²) >= 11 is 3.32. The summed E-state index contributed by atoms with van der Waals surface area (Å²) in [5.74, 6) is -1.26. The van der Waals surface area contributed by atoms with Gasteiger partial charge in [0.25, 0.3) is 5.91 Å². The first-order valence-electron chi connectivity index (χ1n) is 9.09. The molecule has 1 aliphatic heterocycles. The zero-order valence-electron chi connectivity index (χ0n) is 15.5. The molecule has 0 bridgehead atoms. The lowest BCUT2D eigenvalue weighted by Crippen LogP contribution is -2.45. The molecule has 2 aromatic rings. The van der Waals surface area contributed by atoms with Crippen LogP contribution in [-0.2, 0) is 11.3 Å². The Balaban J connectivity index is 1.64. The Hall–Kier alpha value is -2.28. The summed E-state index contributed by atoms with van der Waals surface area (Å²) in [6.07, 6.45) is 1.44. The summed E-state index contributed by atoms with van der Waals surface area (Å²) in [7, 11) is 1.71. The maximum absolute atomic E-state index is 13.2. The van der Waals surface area contributed by atoms with E-state index in [1.54, 1.807) is 22.9 Å². The minimum atomic E-state index is -0.392. The second kappa shape index (κ2) is 8.82. The summed E-state index contributed by atoms with van der Waals surface area (Å²) in [6, 6.07) is 9.82. The number of piperidine rings is 1. The molecule has 0 radical (unpaired) electrons. The minimum absolute atomic E-state index is 0.0483. The van der Waals surface area contributed by atoms with Crippen LogP contribution in [0.1, 0.15) is 28.8 Å². The van der Waals surface area contributed by atoms with Crippen molar-refractivity contribution in [1.82, 2.24) is 9.80 Å². The van der Waals surface area contributed by atoms with Crippen molar-refractivity contribution < 1.29 is 18.4 Å². The van der Waals surface area contributed by atoms with Crippen molar-refractivity contribution in [1.29, 1.82) is 0 Å². The molecule has 0 saturated carbocycles. The molecule has 0 N–H and O–H groups in total. The Kier molecular flexibility index (Phi) is 6.44. The number of amides is 2. The monoisotopic (exact) mass is 450 g/mol. The van der Waals surface area contributed by atoms with Crippen molar-refractivity contribution in [2.75, 3.05) is 20.1 Å². The first-order valence-corrected chi connectivity index (χ1v) is 9.88. The quantitative estimate of drug-likeness (QED) is 0.698. The van der Waals surface area contributed by atoms with Crippen molar-refractivity contribution in [3.05, 3.63) is 69.7 Å². The minimum Gasteiger partial charge on any atom is -0.341 e. The number of likely N-dealkylation sites (tertiary alicyclic amines) is 1. The van der Waals surface area contributed by atoms with Gasteiger partial charge < -0.3 is 9.80 Å². The van der Waals surface area contributed by atoms with Crippen LogP contribution in [0.25, 0.3) is 0 Å². The molecule has 28 heavy (non-hydrogen) atoms. The molecule has 148 valence electrons. The molecule has 7 heteroatoms. The fourth-order valence-electron chi connectivity index (χ4n) is 3.43. The molecule has 1 atom stereocenters. The van der Waals surface area contributed by atoms with E-state index in [4.69, 9.17) is 0 Å². The molecule has 2 aromatic carbocycles. The lowest BCUT2D eigenvalue weighted by Gasteiger charge is -2.34. The number of hydrogen-bond donors (Lipinski definition) is 0. The van der Waals surface area contributed by atoms with Gasteiger partial charge in [-0.3, -0.25) is 9.59 Å². The molecule has 2 amide bonds. The van der Waals surface area contributed by atoms with Gasteiger partial charge in [0, 0.05) is 36.7 Å². The highest BCUT2D eigenvalue weighted by Crippen LogP contribution is 2.23. The summed E-state index contributed by atoms with van der Waals surface area (Å²) in [4.78, 5) is 28.8. The van der Waals surface area contributed by atoms with Crippen molar-refractivity contribution in [2.45, 2.75) is 19.4 Å². The summed E-state index contributed by atoms with van der Waals surface area (Å²) < 4.78 is 26.9. The molecule has 1 unspecified atom stereocenters. The van der Waals surface area contributed by atoms with Crippen LogP contribution in [0.15, 0.2) is 46.9 Å². The zero-order chi connectivity index (χ0) is 20.3. The Morgan fingerprint density at radius 2 is 1.82 bits per heavy atom. The Bertz CT molecular complexity index is 873. The largest absolute Gasteiger partial charge is 0.341 e. The molecule has 1 fully saturated rings. The van der Waals surface area contributed by atoms with Crippen LogP contribution in [-0.4, -0.2) is 41.8 Å². The second-order valence-electron chi connectivity index (χ2n) is 7.03. The van der Waals surface area contributed by atoms with E-state index in [0.29, 0.717) is 36.1 Å². The van der Waals surface area contributed by atoms with Gasteiger partial charge in [-0.1, -0.05) is 22.0 Å². The van der Waals surface area contributed by atoms with Gasteiger partial charge in [-0.2, -0.15) is 0 Å². The molecular weight excluding hydrogens is 430 g/mol. The lowest BCUT2D eigenvalue weighted by molar-refractivity contribution is -0.136. The zero-order valence-corrected chi connectivity index (χ0v) is 17.1. The van der Waals surface area contributed by atoms with Crippen molar-refractivity contribution in [3.63, 3.8) is 0 Å². The first-order chi connectivity index (χ1) is 13.3. The number of benzene rings is 2. The first kappa shape index (κ1) is 20.5. The molecule has 4 nitrogen and oxygen atoms in total. The number of hydrogen-bond acceptors (Lipinski definition) is 2. The Labute approximate surface area is 171 Å². The van der Waals surface area contributed by atoms with Crippen molar-refractivity contribution in [2.24, 2.45) is 5.92 Å². The fraction of sp³-hybridized carbons (Fsp3) is 0.333. The molecule has 1 saturated heterocycles. The van der Waals surface area contributed by atoms with E-state index in [0.717, 1.165) is 12.0 Å². The highest BCUT2D eigenvalue weighted by molar-refractivity contribution is 9.10. The summed E-state index contributed by atoms with van der Waals surface area (Å²) in [5.41, 5.74) is 1.23. The maximum Gasteiger partial charge on any atom is 0.253 e. The van der Waals surface area contributed by atoms with Crippen molar-refractivity contribution in [3.8, 4) is 0 Å². The molecule has 3 rings (SSSR count). The Morgan fingerprint density at radius 1 is 1.14 bits per heavy atom. The lowest BCUT2D eigenvalue weighted by atomic mass is 9.95. The van der Waals surface area contributed by atoms with Gasteiger partial charge >= 0.3 is 0 Å². The predicted molar refractivity (Wildman–Crippen MR) is 106 cm³/mol. The second-order valence-corrected chi connectivity index (χ2v) is 7.88. The number of rotatable bonds is 4. The van der Waals surface area contributed by atoms with Crippen LogP contribution < -0.4 is 0 Å². The summed E-state index contributed by atoms with van der Waals surface area (Å²) in [6.45, 7) is 1.26. The highest BCUT2D eigenvalue weighted by Gasteiger charge is 2.30. The highest BCUT2D eigenvalue weighted by atomic mass is 79.9. The van der Waals surface area contributed by atoms with E-state index < -0.39 is 5.82 Å². The smallest absolute Gasteiger partial charge is 0.253 e. The molecule has 0 aliphatic carbocycles. The van der Waals surface area contributed by atoms with Crippen LogP contribution in [0.4, 0.5) is 8.78 Å². The van der Waals surface area contributed by atoms with Gasteiger partial charge in [0.1, 0.15) is 11.6 Å². The van der Waals surface area contributed by atoms with Crippen LogP contribution in [0.3, 0.4) is 0 Å². The maximum atomic E-state index is 13.2. The van der Waals surface area contributed by atoms with Gasteiger partial charge in [-0.25, -0.2) is 8.78 Å². The average Bonchev–Trinajstić information content (AvgIpc) is 2.69. The van der Waals surface area contributed by atoms with Crippen LogP contribution >= 0.6 is 15.9 Å². The van der Waals surface area contributed by atoms with Gasteiger partial charge in [0.15, 0.2) is 0 Å². The van der Waals surface area contributed by atoms with Gasteiger partial charge in [-0.15, -0.1) is 0 Å². The number of nitrogens with zero attached hydrogens (tertiary/aromatic N) is 2. The van der Waals surface area contributed by atoms with E-state index >= 15 is 0 Å². The average molecular weight is 451 g/mol. The van der Waals surface area contributed by atoms with E-state index in [9.17, 15) is 18.4 Å². The predicted octanol–water partition coefficient (Wildman–Crippen LogP) is 4.24. The molecule has 1 aliphatic rings.